The third kappa shape index (κ3) is 3.85. The summed E-state index contributed by atoms with van der Waals surface area (Å²) in [4.78, 5) is 0. The normalized spacial score (nSPS) is 12.2. The quantitative estimate of drug-likeness (QED) is 0.598. The molecule has 25 heavy (non-hydrogen) atoms. The number of aliphatic hydroxyl groups is 1. The molecular formula is C18H18FN3O3. The first-order chi connectivity index (χ1) is 12.1. The van der Waals surface area contributed by atoms with Gasteiger partial charge in [0.2, 0.25) is 0 Å². The fraction of sp³-hybridized carbons (Fsp3) is 0.167. The van der Waals surface area contributed by atoms with E-state index >= 15 is 0 Å². The number of rotatable bonds is 6. The maximum absolute atomic E-state index is 13.1. The van der Waals surface area contributed by atoms with Crippen molar-refractivity contribution in [2.75, 3.05) is 7.11 Å². The Hall–Kier alpha value is -2.74. The Balaban J connectivity index is 1.93. The molecule has 1 atom stereocenters. The first-order valence-electron chi connectivity index (χ1n) is 7.63. The predicted octanol–water partition coefficient (Wildman–Crippen LogP) is 3.10. The van der Waals surface area contributed by atoms with Gasteiger partial charge < -0.3 is 20.3 Å². The molecule has 3 aromatic rings. The molecule has 0 saturated carbocycles. The van der Waals surface area contributed by atoms with Crippen LogP contribution < -0.4 is 10.5 Å². The van der Waals surface area contributed by atoms with Gasteiger partial charge in [-0.2, -0.15) is 5.10 Å². The molecular weight excluding hydrogens is 325 g/mol. The van der Waals surface area contributed by atoms with Crippen molar-refractivity contribution < 1.29 is 19.0 Å². The van der Waals surface area contributed by atoms with E-state index < -0.39 is 6.29 Å². The number of methoxy groups -OCH3 is 1. The second-order valence-electron chi connectivity index (χ2n) is 5.41. The summed E-state index contributed by atoms with van der Waals surface area (Å²) in [6.07, 6.45) is 0.523. The lowest BCUT2D eigenvalue weighted by molar-refractivity contribution is -0.0770. The Labute approximate surface area is 144 Å². The van der Waals surface area contributed by atoms with E-state index in [1.165, 1.54) is 19.2 Å². The highest BCUT2D eigenvalue weighted by Crippen LogP contribution is 2.33. The van der Waals surface area contributed by atoms with Crippen LogP contribution in [0.15, 0.2) is 48.7 Å². The van der Waals surface area contributed by atoms with E-state index in [4.69, 9.17) is 15.2 Å². The van der Waals surface area contributed by atoms with Crippen LogP contribution in [-0.2, 0) is 11.3 Å². The average molecular weight is 343 g/mol. The van der Waals surface area contributed by atoms with Crippen molar-refractivity contribution in [2.45, 2.75) is 12.8 Å². The second kappa shape index (κ2) is 7.43. The molecule has 1 aromatic heterocycles. The molecule has 130 valence electrons. The number of H-pyrrole nitrogens is 1. The van der Waals surface area contributed by atoms with Gasteiger partial charge in [0.1, 0.15) is 17.3 Å². The van der Waals surface area contributed by atoms with Crippen molar-refractivity contribution in [3.8, 4) is 22.8 Å². The summed E-state index contributed by atoms with van der Waals surface area (Å²) in [5, 5.41) is 16.8. The van der Waals surface area contributed by atoms with Gasteiger partial charge in [0.25, 0.3) is 0 Å². The number of aromatic nitrogens is 2. The number of aromatic amines is 1. The van der Waals surface area contributed by atoms with Crippen LogP contribution in [0.1, 0.15) is 17.4 Å². The predicted molar refractivity (Wildman–Crippen MR) is 90.4 cm³/mol. The SMILES string of the molecule is COC(O)c1cc(CN)cc(Oc2c[nH]nc2-c2ccc(F)cc2)c1. The molecule has 0 radical (unpaired) electrons. The van der Waals surface area contributed by atoms with E-state index in [0.717, 1.165) is 5.56 Å². The summed E-state index contributed by atoms with van der Waals surface area (Å²) >= 11 is 0. The molecule has 2 aromatic carbocycles. The third-order valence-corrected chi connectivity index (χ3v) is 3.68. The number of hydrogen-bond acceptors (Lipinski definition) is 5. The first kappa shape index (κ1) is 17.1. The zero-order valence-corrected chi connectivity index (χ0v) is 13.6. The average Bonchev–Trinajstić information content (AvgIpc) is 3.09. The van der Waals surface area contributed by atoms with E-state index in [-0.39, 0.29) is 12.4 Å². The molecule has 0 aliphatic rings. The fourth-order valence-corrected chi connectivity index (χ4v) is 2.44. The van der Waals surface area contributed by atoms with E-state index in [2.05, 4.69) is 10.2 Å². The molecule has 3 rings (SSSR count). The molecule has 6 nitrogen and oxygen atoms in total. The molecule has 0 amide bonds. The van der Waals surface area contributed by atoms with Gasteiger partial charge in [0, 0.05) is 24.8 Å². The fourth-order valence-electron chi connectivity index (χ4n) is 2.44. The van der Waals surface area contributed by atoms with Gasteiger partial charge in [-0.25, -0.2) is 4.39 Å². The molecule has 0 aliphatic carbocycles. The van der Waals surface area contributed by atoms with Crippen molar-refractivity contribution >= 4 is 0 Å². The Bertz CT molecular complexity index is 849. The van der Waals surface area contributed by atoms with Crippen LogP contribution in [0, 0.1) is 5.82 Å². The monoisotopic (exact) mass is 343 g/mol. The standard InChI is InChI=1S/C18H18FN3O3/c1-24-18(23)13-6-11(9-20)7-15(8-13)25-16-10-21-22-17(16)12-2-4-14(19)5-3-12/h2-8,10,18,23H,9,20H2,1H3,(H,21,22). The summed E-state index contributed by atoms with van der Waals surface area (Å²) in [6.45, 7) is 0.289. The third-order valence-electron chi connectivity index (χ3n) is 3.68. The first-order valence-corrected chi connectivity index (χ1v) is 7.63. The molecule has 1 heterocycles. The summed E-state index contributed by atoms with van der Waals surface area (Å²) < 4.78 is 23.9. The van der Waals surface area contributed by atoms with Crippen LogP contribution in [0.5, 0.6) is 11.5 Å². The number of ether oxygens (including phenoxy) is 2. The number of nitrogens with two attached hydrogens (primary N) is 1. The summed E-state index contributed by atoms with van der Waals surface area (Å²) in [5.74, 6) is 0.632. The Morgan fingerprint density at radius 1 is 1.24 bits per heavy atom. The maximum Gasteiger partial charge on any atom is 0.180 e. The number of nitrogens with zero attached hydrogens (tertiary/aromatic N) is 1. The van der Waals surface area contributed by atoms with Crippen LogP contribution in [0.2, 0.25) is 0 Å². The van der Waals surface area contributed by atoms with Gasteiger partial charge in [0.15, 0.2) is 12.0 Å². The van der Waals surface area contributed by atoms with Gasteiger partial charge in [-0.1, -0.05) is 0 Å². The van der Waals surface area contributed by atoms with Crippen LogP contribution in [0.4, 0.5) is 4.39 Å². The molecule has 0 aliphatic heterocycles. The zero-order valence-electron chi connectivity index (χ0n) is 13.6. The highest BCUT2D eigenvalue weighted by Gasteiger charge is 2.14. The Kier molecular flexibility index (Phi) is 5.08. The molecule has 0 spiro atoms. The van der Waals surface area contributed by atoms with E-state index in [9.17, 15) is 9.50 Å². The van der Waals surface area contributed by atoms with E-state index in [1.807, 2.05) is 0 Å². The number of aliphatic hydroxyl groups excluding tert-OH is 1. The number of halogens is 1. The molecule has 7 heteroatoms. The Morgan fingerprint density at radius 2 is 2.00 bits per heavy atom. The van der Waals surface area contributed by atoms with Crippen LogP contribution in [-0.4, -0.2) is 22.4 Å². The van der Waals surface area contributed by atoms with E-state index in [0.29, 0.717) is 28.3 Å². The van der Waals surface area contributed by atoms with Crippen molar-refractivity contribution in [3.05, 3.63) is 65.6 Å². The van der Waals surface area contributed by atoms with Crippen molar-refractivity contribution in [1.82, 2.24) is 10.2 Å². The maximum atomic E-state index is 13.1. The second-order valence-corrected chi connectivity index (χ2v) is 5.41. The molecule has 0 saturated heterocycles. The van der Waals surface area contributed by atoms with Crippen molar-refractivity contribution in [3.63, 3.8) is 0 Å². The van der Waals surface area contributed by atoms with Crippen molar-refractivity contribution in [1.29, 1.82) is 0 Å². The lowest BCUT2D eigenvalue weighted by atomic mass is 10.1. The number of benzene rings is 2. The number of nitrogens with one attached hydrogen (secondary N) is 1. The lowest BCUT2D eigenvalue weighted by Crippen LogP contribution is -2.03. The smallest absolute Gasteiger partial charge is 0.180 e. The lowest BCUT2D eigenvalue weighted by Gasteiger charge is -2.13. The molecule has 0 fully saturated rings. The Morgan fingerprint density at radius 3 is 2.68 bits per heavy atom. The summed E-state index contributed by atoms with van der Waals surface area (Å²) in [6, 6.07) is 11.1. The van der Waals surface area contributed by atoms with Gasteiger partial charge in [-0.05, 0) is 48.0 Å². The summed E-state index contributed by atoms with van der Waals surface area (Å²) in [7, 11) is 1.41. The van der Waals surface area contributed by atoms with Gasteiger partial charge in [0.05, 0.1) is 6.20 Å². The highest BCUT2D eigenvalue weighted by molar-refractivity contribution is 5.66. The van der Waals surface area contributed by atoms with E-state index in [1.54, 1.807) is 36.5 Å². The zero-order chi connectivity index (χ0) is 17.8. The molecule has 4 N–H and O–H groups in total. The minimum atomic E-state index is -1.07. The molecule has 0 bridgehead atoms. The minimum Gasteiger partial charge on any atom is -0.453 e. The topological polar surface area (TPSA) is 93.4 Å². The van der Waals surface area contributed by atoms with Gasteiger partial charge in [-0.15, -0.1) is 0 Å². The van der Waals surface area contributed by atoms with Crippen molar-refractivity contribution in [2.24, 2.45) is 5.73 Å². The van der Waals surface area contributed by atoms with Crippen LogP contribution >= 0.6 is 0 Å². The van der Waals surface area contributed by atoms with Crippen LogP contribution in [0.25, 0.3) is 11.3 Å². The van der Waals surface area contributed by atoms with Gasteiger partial charge in [-0.3, -0.25) is 5.10 Å². The number of hydrogen-bond donors (Lipinski definition) is 3. The minimum absolute atomic E-state index is 0.289. The van der Waals surface area contributed by atoms with Gasteiger partial charge >= 0.3 is 0 Å². The summed E-state index contributed by atoms with van der Waals surface area (Å²) in [5.41, 5.74) is 8.29. The van der Waals surface area contributed by atoms with Crippen LogP contribution in [0.3, 0.4) is 0 Å². The highest BCUT2D eigenvalue weighted by atomic mass is 19.1. The molecule has 1 unspecified atom stereocenters. The largest absolute Gasteiger partial charge is 0.453 e.